The van der Waals surface area contributed by atoms with Gasteiger partial charge in [-0.1, -0.05) is 54.4 Å². The van der Waals surface area contributed by atoms with Gasteiger partial charge in [-0.05, 0) is 38.0 Å². The molecule has 0 heterocycles. The number of ether oxygens (including phenoxy) is 3. The van der Waals surface area contributed by atoms with Crippen LogP contribution in [0.4, 0.5) is 30.7 Å². The zero-order valence-electron chi connectivity index (χ0n) is 24.0. The molecule has 8 nitrogen and oxygen atoms in total. The van der Waals surface area contributed by atoms with Gasteiger partial charge in [0.2, 0.25) is 0 Å². The first kappa shape index (κ1) is 38.3. The van der Waals surface area contributed by atoms with Gasteiger partial charge in [0.1, 0.15) is 5.60 Å². The summed E-state index contributed by atoms with van der Waals surface area (Å²) in [6.45, 7) is 11.3. The summed E-state index contributed by atoms with van der Waals surface area (Å²) in [7, 11) is -6.70. The lowest BCUT2D eigenvalue weighted by molar-refractivity contribution is -0.361. The number of hydrogen-bond donors (Lipinski definition) is 1. The van der Waals surface area contributed by atoms with Crippen molar-refractivity contribution in [2.24, 2.45) is 16.7 Å². The quantitative estimate of drug-likeness (QED) is 0.107. The van der Waals surface area contributed by atoms with Gasteiger partial charge in [0.05, 0.1) is 12.5 Å². The van der Waals surface area contributed by atoms with Gasteiger partial charge in [-0.3, -0.25) is 9.35 Å². The van der Waals surface area contributed by atoms with Crippen molar-refractivity contribution in [3.05, 3.63) is 0 Å². The average molecular weight is 621 g/mol. The number of alkyl halides is 7. The highest BCUT2D eigenvalue weighted by molar-refractivity contribution is 7.87. The van der Waals surface area contributed by atoms with Crippen molar-refractivity contribution in [1.29, 1.82) is 0 Å². The Bertz CT molecular complexity index is 994. The van der Waals surface area contributed by atoms with Crippen molar-refractivity contribution in [1.82, 2.24) is 0 Å². The van der Waals surface area contributed by atoms with Crippen LogP contribution in [0.25, 0.3) is 0 Å². The van der Waals surface area contributed by atoms with E-state index in [1.807, 2.05) is 0 Å². The van der Waals surface area contributed by atoms with Crippen LogP contribution >= 0.6 is 0 Å². The fraction of sp³-hybridized carbons (Fsp3) is 0.917. The van der Waals surface area contributed by atoms with E-state index in [0.29, 0.717) is 12.8 Å². The van der Waals surface area contributed by atoms with Crippen molar-refractivity contribution < 1.29 is 67.5 Å². The van der Waals surface area contributed by atoms with Crippen LogP contribution < -0.4 is 0 Å². The van der Waals surface area contributed by atoms with E-state index in [9.17, 15) is 48.7 Å². The largest absolute Gasteiger partial charge is 0.468 e. The molecule has 0 aliphatic rings. The van der Waals surface area contributed by atoms with Crippen molar-refractivity contribution >= 4 is 22.1 Å². The number of carbonyl (C=O) groups excluding carboxylic acids is 2. The second-order valence-electron chi connectivity index (χ2n) is 12.0. The Balaban J connectivity index is 6.75. The van der Waals surface area contributed by atoms with E-state index >= 15 is 0 Å². The van der Waals surface area contributed by atoms with E-state index in [4.69, 9.17) is 9.29 Å². The van der Waals surface area contributed by atoms with Crippen molar-refractivity contribution in [2.45, 2.75) is 117 Å². The standard InChI is InChI=1S/C24H39F7O8S/c1-10-20(9,11-2)14-15(18(3,4)5)16(32)38-22(23(27,28)29,17(33)39-19(6,7)8)37-13-12-21(25,26)24(30,31)40(34,35)36/h15H,10-14H2,1-9H3,(H,34,35,36). The zero-order valence-corrected chi connectivity index (χ0v) is 24.8. The molecule has 0 aromatic heterocycles. The molecule has 0 bridgehead atoms. The van der Waals surface area contributed by atoms with Crippen LogP contribution in [0.2, 0.25) is 0 Å². The molecule has 0 aromatic rings. The Morgan fingerprint density at radius 2 is 1.27 bits per heavy atom. The van der Waals surface area contributed by atoms with Crippen LogP contribution in [0.1, 0.15) is 88.0 Å². The molecule has 238 valence electrons. The number of halogens is 7. The smallest absolute Gasteiger partial charge is 0.455 e. The van der Waals surface area contributed by atoms with Crippen LogP contribution in [0.3, 0.4) is 0 Å². The van der Waals surface area contributed by atoms with Crippen molar-refractivity contribution in [2.75, 3.05) is 6.61 Å². The molecule has 0 aliphatic heterocycles. The minimum absolute atomic E-state index is 0.0107. The van der Waals surface area contributed by atoms with E-state index in [1.165, 1.54) is 20.8 Å². The Kier molecular flexibility index (Phi) is 11.8. The Morgan fingerprint density at radius 3 is 1.60 bits per heavy atom. The monoisotopic (exact) mass is 620 g/mol. The fourth-order valence-corrected chi connectivity index (χ4v) is 3.85. The summed E-state index contributed by atoms with van der Waals surface area (Å²) >= 11 is 0. The van der Waals surface area contributed by atoms with Gasteiger partial charge in [-0.2, -0.15) is 39.2 Å². The molecule has 0 aliphatic carbocycles. The van der Waals surface area contributed by atoms with Gasteiger partial charge in [-0.25, -0.2) is 4.79 Å². The topological polar surface area (TPSA) is 116 Å². The van der Waals surface area contributed by atoms with Crippen LogP contribution in [-0.4, -0.2) is 60.3 Å². The van der Waals surface area contributed by atoms with Gasteiger partial charge < -0.3 is 14.2 Å². The highest BCUT2D eigenvalue weighted by atomic mass is 32.2. The van der Waals surface area contributed by atoms with Gasteiger partial charge in [0.15, 0.2) is 0 Å². The second kappa shape index (κ2) is 12.3. The minimum Gasteiger partial charge on any atom is -0.455 e. The third kappa shape index (κ3) is 9.16. The number of esters is 2. The van der Waals surface area contributed by atoms with E-state index in [1.54, 1.807) is 20.8 Å². The number of carbonyl (C=O) groups is 2. The molecule has 0 spiro atoms. The molecule has 40 heavy (non-hydrogen) atoms. The Labute approximate surface area is 230 Å². The third-order valence-electron chi connectivity index (χ3n) is 6.49. The molecule has 2 atom stereocenters. The van der Waals surface area contributed by atoms with Crippen molar-refractivity contribution in [3.63, 3.8) is 0 Å². The molecule has 16 heteroatoms. The highest BCUT2D eigenvalue weighted by Crippen LogP contribution is 2.45. The molecule has 0 saturated heterocycles. The third-order valence-corrected chi connectivity index (χ3v) is 7.44. The summed E-state index contributed by atoms with van der Waals surface area (Å²) in [5.41, 5.74) is -3.26. The SMILES string of the molecule is CCC(C)(CC)CC(C(=O)OC(OCCC(F)(F)C(F)(F)S(=O)(=O)O)(C(=O)OC(C)(C)C)C(F)(F)F)C(C)(C)C. The lowest BCUT2D eigenvalue weighted by Crippen LogP contribution is -2.60. The van der Waals surface area contributed by atoms with Crippen LogP contribution in [0.15, 0.2) is 0 Å². The molecular weight excluding hydrogens is 581 g/mol. The minimum atomic E-state index is -6.70. The van der Waals surface area contributed by atoms with E-state index < -0.39 is 80.6 Å². The Morgan fingerprint density at radius 1 is 0.825 bits per heavy atom. The average Bonchev–Trinajstić information content (AvgIpc) is 2.72. The van der Waals surface area contributed by atoms with Crippen LogP contribution in [0, 0.1) is 16.7 Å². The maximum absolute atomic E-state index is 14.5. The molecule has 0 amide bonds. The number of hydrogen-bond acceptors (Lipinski definition) is 7. The normalized spacial score (nSPS) is 16.7. The summed E-state index contributed by atoms with van der Waals surface area (Å²) in [4.78, 5) is 26.1. The Hall–Kier alpha value is -1.68. The summed E-state index contributed by atoms with van der Waals surface area (Å²) < 4.78 is 142. The first-order valence-electron chi connectivity index (χ1n) is 12.3. The maximum atomic E-state index is 14.5. The predicted octanol–water partition coefficient (Wildman–Crippen LogP) is 6.53. The van der Waals surface area contributed by atoms with Gasteiger partial charge >= 0.3 is 45.2 Å². The number of rotatable bonds is 13. The van der Waals surface area contributed by atoms with Crippen LogP contribution in [0.5, 0.6) is 0 Å². The fourth-order valence-electron chi connectivity index (χ4n) is 3.38. The van der Waals surface area contributed by atoms with Crippen LogP contribution in [-0.2, 0) is 33.9 Å². The molecule has 2 unspecified atom stereocenters. The predicted molar refractivity (Wildman–Crippen MR) is 129 cm³/mol. The summed E-state index contributed by atoms with van der Waals surface area (Å²) in [6, 6.07) is 0. The van der Waals surface area contributed by atoms with Gasteiger partial charge in [0, 0.05) is 6.42 Å². The van der Waals surface area contributed by atoms with Crippen molar-refractivity contribution in [3.8, 4) is 0 Å². The van der Waals surface area contributed by atoms with Gasteiger partial charge in [-0.15, -0.1) is 0 Å². The lowest BCUT2D eigenvalue weighted by Gasteiger charge is -2.40. The van der Waals surface area contributed by atoms with E-state index in [-0.39, 0.29) is 6.42 Å². The first-order valence-corrected chi connectivity index (χ1v) is 13.8. The summed E-state index contributed by atoms with van der Waals surface area (Å²) in [5.74, 6) is -15.6. The summed E-state index contributed by atoms with van der Waals surface area (Å²) in [5, 5.41) is -6.12. The lowest BCUT2D eigenvalue weighted by atomic mass is 9.69. The molecule has 0 aromatic carbocycles. The van der Waals surface area contributed by atoms with E-state index in [0.717, 1.165) is 20.8 Å². The highest BCUT2D eigenvalue weighted by Gasteiger charge is 2.70. The summed E-state index contributed by atoms with van der Waals surface area (Å²) in [6.07, 6.45) is -7.42. The molecular formula is C24H39F7O8S. The second-order valence-corrected chi connectivity index (χ2v) is 13.4. The van der Waals surface area contributed by atoms with E-state index in [2.05, 4.69) is 9.47 Å². The van der Waals surface area contributed by atoms with Gasteiger partial charge in [0.25, 0.3) is 0 Å². The molecule has 0 rings (SSSR count). The molecule has 1 N–H and O–H groups in total. The molecule has 0 saturated carbocycles. The maximum Gasteiger partial charge on any atom is 0.468 e. The zero-order chi connectivity index (χ0) is 32.4. The molecule has 0 radical (unpaired) electrons. The first-order chi connectivity index (χ1) is 17.4. The molecule has 0 fully saturated rings.